The van der Waals surface area contributed by atoms with Gasteiger partial charge in [-0.2, -0.15) is 0 Å². The Morgan fingerprint density at radius 2 is 2.04 bits per heavy atom. The number of hydrogen-bond donors (Lipinski definition) is 1. The average molecular weight is 344 g/mol. The van der Waals surface area contributed by atoms with E-state index in [1.54, 1.807) is 6.07 Å². The van der Waals surface area contributed by atoms with E-state index in [1.807, 2.05) is 17.9 Å². The van der Waals surface area contributed by atoms with Gasteiger partial charge in [0.1, 0.15) is 0 Å². The summed E-state index contributed by atoms with van der Waals surface area (Å²) in [5.41, 5.74) is 3.25. The van der Waals surface area contributed by atoms with Crippen molar-refractivity contribution in [1.29, 1.82) is 0 Å². The van der Waals surface area contributed by atoms with Gasteiger partial charge in [-0.05, 0) is 19.4 Å². The van der Waals surface area contributed by atoms with E-state index in [2.05, 4.69) is 10.1 Å². The number of fused-ring (bicyclic) bond motifs is 2. The molecule has 2 aromatic heterocycles. The molecule has 0 aliphatic carbocycles. The first kappa shape index (κ1) is 16.0. The minimum atomic E-state index is -0.833. The molecular weight excluding hydrogens is 326 g/mol. The first-order chi connectivity index (χ1) is 12.0. The van der Waals surface area contributed by atoms with E-state index in [9.17, 15) is 13.6 Å². The highest BCUT2D eigenvalue weighted by Gasteiger charge is 2.21. The van der Waals surface area contributed by atoms with E-state index in [1.165, 1.54) is 10.6 Å². The van der Waals surface area contributed by atoms with Crippen LogP contribution in [0.5, 0.6) is 0 Å². The molecule has 1 aromatic carbocycles. The fourth-order valence-electron chi connectivity index (χ4n) is 3.40. The molecule has 3 heterocycles. The van der Waals surface area contributed by atoms with E-state index >= 15 is 0 Å². The van der Waals surface area contributed by atoms with Gasteiger partial charge in [0.05, 0.1) is 5.69 Å². The lowest BCUT2D eigenvalue weighted by Crippen LogP contribution is -2.27. The van der Waals surface area contributed by atoms with E-state index < -0.39 is 11.6 Å². The Morgan fingerprint density at radius 1 is 1.24 bits per heavy atom. The van der Waals surface area contributed by atoms with E-state index in [0.29, 0.717) is 49.2 Å². The molecule has 0 bridgehead atoms. The predicted molar refractivity (Wildman–Crippen MR) is 89.6 cm³/mol. The summed E-state index contributed by atoms with van der Waals surface area (Å²) in [7, 11) is 0. The molecule has 0 fully saturated rings. The molecular formula is C18H18F2N4O. The first-order valence-corrected chi connectivity index (χ1v) is 8.28. The largest absolute Gasteiger partial charge is 0.298 e. The van der Waals surface area contributed by atoms with E-state index in [0.717, 1.165) is 17.5 Å². The summed E-state index contributed by atoms with van der Waals surface area (Å²) >= 11 is 0. The zero-order chi connectivity index (χ0) is 17.6. The van der Waals surface area contributed by atoms with Crippen molar-refractivity contribution in [2.24, 2.45) is 0 Å². The number of H-pyrrole nitrogens is 1. The molecule has 0 unspecified atom stereocenters. The van der Waals surface area contributed by atoms with Crippen molar-refractivity contribution in [2.75, 3.05) is 13.1 Å². The summed E-state index contributed by atoms with van der Waals surface area (Å²) in [5, 5.41) is 3.00. The third-order valence-corrected chi connectivity index (χ3v) is 4.69. The van der Waals surface area contributed by atoms with Crippen LogP contribution in [0.3, 0.4) is 0 Å². The van der Waals surface area contributed by atoms with Crippen LogP contribution in [0.25, 0.3) is 5.65 Å². The summed E-state index contributed by atoms with van der Waals surface area (Å²) in [6.07, 6.45) is 1.15. The van der Waals surface area contributed by atoms with Gasteiger partial charge in [-0.25, -0.2) is 18.3 Å². The van der Waals surface area contributed by atoms with Crippen LogP contribution in [0.2, 0.25) is 0 Å². The number of nitrogens with one attached hydrogen (secondary N) is 1. The van der Waals surface area contributed by atoms with E-state index in [4.69, 9.17) is 0 Å². The summed E-state index contributed by atoms with van der Waals surface area (Å²) in [5.74, 6) is -1.63. The van der Waals surface area contributed by atoms with Crippen molar-refractivity contribution in [3.8, 4) is 0 Å². The highest BCUT2D eigenvalue weighted by atomic mass is 19.2. The van der Waals surface area contributed by atoms with Crippen LogP contribution < -0.4 is 5.56 Å². The minimum Gasteiger partial charge on any atom is -0.298 e. The first-order valence-electron chi connectivity index (χ1n) is 8.28. The van der Waals surface area contributed by atoms with E-state index in [-0.39, 0.29) is 5.56 Å². The molecule has 0 saturated heterocycles. The van der Waals surface area contributed by atoms with Crippen molar-refractivity contribution >= 4 is 5.65 Å². The van der Waals surface area contributed by atoms with Gasteiger partial charge < -0.3 is 0 Å². The molecule has 0 spiro atoms. The third kappa shape index (κ3) is 2.84. The fourth-order valence-corrected chi connectivity index (χ4v) is 3.40. The second-order valence-corrected chi connectivity index (χ2v) is 6.46. The zero-order valence-corrected chi connectivity index (χ0v) is 13.9. The number of benzene rings is 1. The lowest BCUT2D eigenvalue weighted by atomic mass is 10.1. The number of nitrogens with zero attached hydrogens (tertiary/aromatic N) is 3. The molecule has 7 heteroatoms. The smallest absolute Gasteiger partial charge is 0.276 e. The normalized spacial score (nSPS) is 15.3. The predicted octanol–water partition coefficient (Wildman–Crippen LogP) is 2.21. The lowest BCUT2D eigenvalue weighted by Gasteiger charge is -2.19. The maximum Gasteiger partial charge on any atom is 0.276 e. The topological polar surface area (TPSA) is 53.4 Å². The van der Waals surface area contributed by atoms with Crippen LogP contribution >= 0.6 is 0 Å². The second-order valence-electron chi connectivity index (χ2n) is 6.46. The Morgan fingerprint density at radius 3 is 2.88 bits per heavy atom. The van der Waals surface area contributed by atoms with Gasteiger partial charge in [0.2, 0.25) is 0 Å². The van der Waals surface area contributed by atoms with Crippen molar-refractivity contribution in [3.63, 3.8) is 0 Å². The standard InChI is InChI=1S/C18H18F2N4O/c1-11-9-16-21-15-6-8-23(7-5-13(15)18(25)24(16)22-11)10-12-3-2-4-14(19)17(12)20/h2-4,9,22H,5-8,10H2,1H3. The maximum atomic E-state index is 13.9. The van der Waals surface area contributed by atoms with Gasteiger partial charge in [0.15, 0.2) is 17.3 Å². The maximum absolute atomic E-state index is 13.9. The molecule has 0 radical (unpaired) electrons. The lowest BCUT2D eigenvalue weighted by molar-refractivity contribution is 0.273. The highest BCUT2D eigenvalue weighted by molar-refractivity contribution is 5.42. The molecule has 0 atom stereocenters. The summed E-state index contributed by atoms with van der Waals surface area (Å²) in [6.45, 7) is 3.45. The number of aromatic nitrogens is 3. The van der Waals surface area contributed by atoms with Gasteiger partial charge >= 0.3 is 0 Å². The van der Waals surface area contributed by atoms with Crippen molar-refractivity contribution in [3.05, 3.63) is 68.8 Å². The summed E-state index contributed by atoms with van der Waals surface area (Å²) < 4.78 is 28.8. The quantitative estimate of drug-likeness (QED) is 0.775. The van der Waals surface area contributed by atoms with Gasteiger partial charge in [0.25, 0.3) is 5.56 Å². The van der Waals surface area contributed by atoms with Crippen LogP contribution in [0.1, 0.15) is 22.5 Å². The molecule has 5 nitrogen and oxygen atoms in total. The second kappa shape index (κ2) is 6.07. The molecule has 1 aliphatic heterocycles. The van der Waals surface area contributed by atoms with Gasteiger partial charge in [-0.3, -0.25) is 14.8 Å². The Labute approximate surface area is 142 Å². The molecule has 1 aliphatic rings. The number of aromatic amines is 1. The molecule has 4 rings (SSSR count). The number of rotatable bonds is 2. The number of hydrogen-bond acceptors (Lipinski definition) is 3. The van der Waals surface area contributed by atoms with Gasteiger partial charge in [-0.1, -0.05) is 12.1 Å². The zero-order valence-electron chi connectivity index (χ0n) is 13.9. The monoisotopic (exact) mass is 344 g/mol. The Bertz CT molecular complexity index is 1010. The number of halogens is 2. The summed E-state index contributed by atoms with van der Waals surface area (Å²) in [4.78, 5) is 19.3. The van der Waals surface area contributed by atoms with Crippen LogP contribution in [-0.2, 0) is 19.4 Å². The van der Waals surface area contributed by atoms with Crippen LogP contribution in [0.4, 0.5) is 8.78 Å². The molecule has 3 aromatic rings. The van der Waals surface area contributed by atoms with Crippen molar-refractivity contribution in [2.45, 2.75) is 26.3 Å². The average Bonchev–Trinajstić information content (AvgIpc) is 2.84. The van der Waals surface area contributed by atoms with Crippen LogP contribution in [0.15, 0.2) is 29.1 Å². The Balaban J connectivity index is 1.61. The molecule has 0 amide bonds. The molecule has 1 N–H and O–H groups in total. The Kier molecular flexibility index (Phi) is 3.88. The van der Waals surface area contributed by atoms with Crippen LogP contribution in [0, 0.1) is 18.6 Å². The fraction of sp³-hybridized carbons (Fsp3) is 0.333. The Hall–Kier alpha value is -2.54. The molecule has 0 saturated carbocycles. The summed E-state index contributed by atoms with van der Waals surface area (Å²) in [6, 6.07) is 6.06. The SMILES string of the molecule is Cc1cc2nc3c(c(=O)n2[nH]1)CCN(Cc1cccc(F)c1F)CC3. The van der Waals surface area contributed by atoms with Crippen molar-refractivity contribution in [1.82, 2.24) is 19.5 Å². The molecule has 130 valence electrons. The minimum absolute atomic E-state index is 0.0770. The van der Waals surface area contributed by atoms with Gasteiger partial charge in [0, 0.05) is 48.9 Å². The molecule has 25 heavy (non-hydrogen) atoms. The van der Waals surface area contributed by atoms with Crippen LogP contribution in [-0.4, -0.2) is 32.6 Å². The number of aryl methyl sites for hydroxylation is 1. The van der Waals surface area contributed by atoms with Gasteiger partial charge in [-0.15, -0.1) is 0 Å². The van der Waals surface area contributed by atoms with Crippen molar-refractivity contribution < 1.29 is 8.78 Å². The highest BCUT2D eigenvalue weighted by Crippen LogP contribution is 2.17. The third-order valence-electron chi connectivity index (χ3n) is 4.69.